The molecule has 1 saturated heterocycles. The maximum atomic E-state index is 12.6. The molecule has 1 N–H and O–H groups in total. The van der Waals surface area contributed by atoms with Gasteiger partial charge in [-0.25, -0.2) is 13.1 Å². The summed E-state index contributed by atoms with van der Waals surface area (Å²) in [7, 11) is 0.137. The van der Waals surface area contributed by atoms with E-state index in [2.05, 4.69) is 14.7 Å². The molecule has 1 aliphatic heterocycles. The topological polar surface area (TPSA) is 87.5 Å². The van der Waals surface area contributed by atoms with Crippen LogP contribution >= 0.6 is 0 Å². The molecule has 0 spiro atoms. The highest BCUT2D eigenvalue weighted by atomic mass is 32.2. The standard InChI is InChI=1S/C21H31N5O3S/c1-17-6-8-20(9-7-17)30(28,29)23-12-18-5-4-10-26(15-18)16-21(27)24(2)13-19-11-22-25(3)14-19/h6-9,11,14,18,23H,4-5,10,12-13,15-16H2,1-3H3. The lowest BCUT2D eigenvalue weighted by atomic mass is 9.98. The fraction of sp³-hybridized carbons (Fsp3) is 0.524. The van der Waals surface area contributed by atoms with Crippen LogP contribution in [0.5, 0.6) is 0 Å². The van der Waals surface area contributed by atoms with E-state index in [1.807, 2.05) is 20.2 Å². The van der Waals surface area contributed by atoms with Crippen molar-refractivity contribution in [2.24, 2.45) is 13.0 Å². The van der Waals surface area contributed by atoms with E-state index in [1.54, 1.807) is 47.1 Å². The van der Waals surface area contributed by atoms with Crippen molar-refractivity contribution >= 4 is 15.9 Å². The largest absolute Gasteiger partial charge is 0.340 e. The Morgan fingerprint density at radius 2 is 2.03 bits per heavy atom. The van der Waals surface area contributed by atoms with Gasteiger partial charge in [-0.1, -0.05) is 17.7 Å². The number of aryl methyl sites for hydroxylation is 2. The Labute approximate surface area is 178 Å². The number of hydrogen-bond donors (Lipinski definition) is 1. The molecule has 2 aromatic rings. The fourth-order valence-electron chi connectivity index (χ4n) is 3.72. The minimum atomic E-state index is -3.51. The quantitative estimate of drug-likeness (QED) is 0.680. The number of likely N-dealkylation sites (N-methyl/N-ethyl adjacent to an activating group) is 1. The first kappa shape index (κ1) is 22.5. The maximum Gasteiger partial charge on any atom is 0.240 e. The van der Waals surface area contributed by atoms with E-state index < -0.39 is 10.0 Å². The fourth-order valence-corrected chi connectivity index (χ4v) is 4.83. The Kier molecular flexibility index (Phi) is 7.27. The molecule has 1 aromatic carbocycles. The van der Waals surface area contributed by atoms with Gasteiger partial charge in [-0.15, -0.1) is 0 Å². The molecule has 0 aliphatic carbocycles. The molecule has 0 radical (unpaired) electrons. The predicted molar refractivity (Wildman–Crippen MR) is 115 cm³/mol. The molecule has 1 aromatic heterocycles. The average Bonchev–Trinajstić information content (AvgIpc) is 3.11. The predicted octanol–water partition coefficient (Wildman–Crippen LogP) is 1.38. The number of carbonyl (C=O) groups is 1. The molecule has 0 saturated carbocycles. The van der Waals surface area contributed by atoms with E-state index >= 15 is 0 Å². The number of aromatic nitrogens is 2. The third kappa shape index (κ3) is 6.13. The van der Waals surface area contributed by atoms with Crippen LogP contribution < -0.4 is 4.72 Å². The van der Waals surface area contributed by atoms with Crippen LogP contribution in [0.3, 0.4) is 0 Å². The van der Waals surface area contributed by atoms with E-state index in [1.165, 1.54) is 0 Å². The summed E-state index contributed by atoms with van der Waals surface area (Å²) in [6.45, 7) is 4.75. The van der Waals surface area contributed by atoms with Crippen LogP contribution in [0, 0.1) is 12.8 Å². The molecule has 1 unspecified atom stereocenters. The van der Waals surface area contributed by atoms with Gasteiger partial charge >= 0.3 is 0 Å². The van der Waals surface area contributed by atoms with Gasteiger partial charge in [0.2, 0.25) is 15.9 Å². The number of likely N-dealkylation sites (tertiary alicyclic amines) is 1. The number of carbonyl (C=O) groups excluding carboxylic acids is 1. The molecular weight excluding hydrogens is 402 g/mol. The Morgan fingerprint density at radius 1 is 1.30 bits per heavy atom. The molecular formula is C21H31N5O3S. The Morgan fingerprint density at radius 3 is 2.70 bits per heavy atom. The van der Waals surface area contributed by atoms with Crippen LogP contribution in [0.25, 0.3) is 0 Å². The molecule has 1 aliphatic rings. The smallest absolute Gasteiger partial charge is 0.240 e. The van der Waals surface area contributed by atoms with Gasteiger partial charge in [0.25, 0.3) is 0 Å². The molecule has 30 heavy (non-hydrogen) atoms. The molecule has 1 amide bonds. The molecule has 164 valence electrons. The van der Waals surface area contributed by atoms with E-state index in [9.17, 15) is 13.2 Å². The third-order valence-electron chi connectivity index (χ3n) is 5.46. The lowest BCUT2D eigenvalue weighted by Gasteiger charge is -2.33. The highest BCUT2D eigenvalue weighted by Crippen LogP contribution is 2.17. The number of piperidine rings is 1. The van der Waals surface area contributed by atoms with Crippen molar-refractivity contribution < 1.29 is 13.2 Å². The van der Waals surface area contributed by atoms with Gasteiger partial charge in [-0.2, -0.15) is 5.10 Å². The molecule has 1 fully saturated rings. The summed E-state index contributed by atoms with van der Waals surface area (Å²) in [5.41, 5.74) is 2.02. The lowest BCUT2D eigenvalue weighted by Crippen LogP contribution is -2.45. The molecule has 3 rings (SSSR count). The van der Waals surface area contributed by atoms with E-state index in [0.29, 0.717) is 26.2 Å². The van der Waals surface area contributed by atoms with Crippen molar-refractivity contribution in [1.82, 2.24) is 24.3 Å². The zero-order valence-corrected chi connectivity index (χ0v) is 18.7. The number of rotatable bonds is 8. The van der Waals surface area contributed by atoms with Gasteiger partial charge in [-0.3, -0.25) is 14.4 Å². The summed E-state index contributed by atoms with van der Waals surface area (Å²) in [6, 6.07) is 6.85. The minimum Gasteiger partial charge on any atom is -0.340 e. The Hall–Kier alpha value is -2.23. The van der Waals surface area contributed by atoms with Crippen molar-refractivity contribution in [3.8, 4) is 0 Å². The molecule has 0 bridgehead atoms. The van der Waals surface area contributed by atoms with Crippen LogP contribution in [0.1, 0.15) is 24.0 Å². The normalized spacial score (nSPS) is 17.8. The number of benzene rings is 1. The third-order valence-corrected chi connectivity index (χ3v) is 6.90. The molecule has 1 atom stereocenters. The SMILES string of the molecule is Cc1ccc(S(=O)(=O)NCC2CCCN(CC(=O)N(C)Cc3cnn(C)c3)C2)cc1. The first-order valence-electron chi connectivity index (χ1n) is 10.2. The van der Waals surface area contributed by atoms with Gasteiger partial charge < -0.3 is 4.90 Å². The number of sulfonamides is 1. The average molecular weight is 434 g/mol. The second kappa shape index (κ2) is 9.72. The number of amides is 1. The van der Waals surface area contributed by atoms with Gasteiger partial charge in [0.1, 0.15) is 0 Å². The van der Waals surface area contributed by atoms with Crippen LogP contribution in [0.15, 0.2) is 41.6 Å². The summed E-state index contributed by atoms with van der Waals surface area (Å²) < 4.78 is 29.5. The number of hydrogen-bond acceptors (Lipinski definition) is 5. The molecule has 8 nitrogen and oxygen atoms in total. The first-order chi connectivity index (χ1) is 14.2. The van der Waals surface area contributed by atoms with Crippen molar-refractivity contribution in [3.63, 3.8) is 0 Å². The van der Waals surface area contributed by atoms with Crippen molar-refractivity contribution in [3.05, 3.63) is 47.8 Å². The monoisotopic (exact) mass is 433 g/mol. The second-order valence-corrected chi connectivity index (χ2v) is 9.95. The van der Waals surface area contributed by atoms with Gasteiger partial charge in [0.05, 0.1) is 17.6 Å². The van der Waals surface area contributed by atoms with E-state index in [4.69, 9.17) is 0 Å². The summed E-state index contributed by atoms with van der Waals surface area (Å²) in [4.78, 5) is 16.7. The van der Waals surface area contributed by atoms with Crippen LogP contribution in [-0.4, -0.2) is 67.1 Å². The lowest BCUT2D eigenvalue weighted by molar-refractivity contribution is -0.132. The summed E-state index contributed by atoms with van der Waals surface area (Å²) in [6.07, 6.45) is 5.57. The second-order valence-electron chi connectivity index (χ2n) is 8.18. The Bertz CT molecular complexity index is 955. The molecule has 9 heteroatoms. The van der Waals surface area contributed by atoms with Crippen LogP contribution in [-0.2, 0) is 28.4 Å². The zero-order valence-electron chi connectivity index (χ0n) is 17.9. The Balaban J connectivity index is 1.48. The first-order valence-corrected chi connectivity index (χ1v) is 11.7. The highest BCUT2D eigenvalue weighted by molar-refractivity contribution is 7.89. The summed E-state index contributed by atoms with van der Waals surface area (Å²) in [5, 5.41) is 4.13. The van der Waals surface area contributed by atoms with Crippen molar-refractivity contribution in [1.29, 1.82) is 0 Å². The van der Waals surface area contributed by atoms with E-state index in [-0.39, 0.29) is 16.7 Å². The van der Waals surface area contributed by atoms with Crippen molar-refractivity contribution in [2.75, 3.05) is 33.2 Å². The van der Waals surface area contributed by atoms with E-state index in [0.717, 1.165) is 30.5 Å². The van der Waals surface area contributed by atoms with Crippen LogP contribution in [0.4, 0.5) is 0 Å². The number of nitrogens with zero attached hydrogens (tertiary/aromatic N) is 4. The zero-order chi connectivity index (χ0) is 21.7. The van der Waals surface area contributed by atoms with Crippen molar-refractivity contribution in [2.45, 2.75) is 31.2 Å². The van der Waals surface area contributed by atoms with Gasteiger partial charge in [0, 0.05) is 45.5 Å². The summed E-state index contributed by atoms with van der Waals surface area (Å²) in [5.74, 6) is 0.246. The highest BCUT2D eigenvalue weighted by Gasteiger charge is 2.24. The molecule has 2 heterocycles. The summed E-state index contributed by atoms with van der Waals surface area (Å²) >= 11 is 0. The number of nitrogens with one attached hydrogen (secondary N) is 1. The van der Waals surface area contributed by atoms with Gasteiger partial charge in [0.15, 0.2) is 0 Å². The van der Waals surface area contributed by atoms with Gasteiger partial charge in [-0.05, 0) is 44.4 Å². The maximum absolute atomic E-state index is 12.6. The van der Waals surface area contributed by atoms with Crippen LogP contribution in [0.2, 0.25) is 0 Å². The minimum absolute atomic E-state index is 0.0553.